The fraction of sp³-hybridized carbons (Fsp3) is 0.583. The summed E-state index contributed by atoms with van der Waals surface area (Å²) in [7, 11) is 0. The van der Waals surface area contributed by atoms with Gasteiger partial charge in [-0.1, -0.05) is 6.92 Å². The largest absolute Gasteiger partial charge is 0.380 e. The van der Waals surface area contributed by atoms with Gasteiger partial charge in [0.25, 0.3) is 5.56 Å². The molecule has 0 aliphatic carbocycles. The third kappa shape index (κ3) is 2.61. The smallest absolute Gasteiger partial charge is 0.250 e. The first-order valence-electron chi connectivity index (χ1n) is 5.77. The Hall–Kier alpha value is -0.900. The quantitative estimate of drug-likeness (QED) is 0.876. The molecule has 0 amide bonds. The maximum Gasteiger partial charge on any atom is 0.250 e. The summed E-state index contributed by atoms with van der Waals surface area (Å²) < 4.78 is 1.73. The third-order valence-electron chi connectivity index (χ3n) is 2.89. The van der Waals surface area contributed by atoms with Crippen molar-refractivity contribution in [2.75, 3.05) is 11.1 Å². The van der Waals surface area contributed by atoms with Gasteiger partial charge in [-0.2, -0.15) is 11.8 Å². The third-order valence-corrected chi connectivity index (χ3v) is 4.25. The van der Waals surface area contributed by atoms with Crippen LogP contribution in [-0.4, -0.2) is 21.6 Å². The summed E-state index contributed by atoms with van der Waals surface area (Å²) in [6.07, 6.45) is 3.12. The van der Waals surface area contributed by atoms with Gasteiger partial charge in [-0.05, 0) is 19.4 Å². The van der Waals surface area contributed by atoms with Crippen molar-refractivity contribution in [1.29, 1.82) is 0 Å². The first-order chi connectivity index (χ1) is 7.69. The number of pyridine rings is 1. The summed E-state index contributed by atoms with van der Waals surface area (Å²) in [5, 5.41) is 4.24. The fourth-order valence-electron chi connectivity index (χ4n) is 2.02. The maximum atomic E-state index is 11.4. The van der Waals surface area contributed by atoms with Crippen molar-refractivity contribution in [3.8, 4) is 0 Å². The Morgan fingerprint density at radius 3 is 3.00 bits per heavy atom. The first-order valence-corrected chi connectivity index (χ1v) is 6.82. The minimum Gasteiger partial charge on any atom is -0.380 e. The molecule has 0 radical (unpaired) electrons. The van der Waals surface area contributed by atoms with E-state index >= 15 is 0 Å². The number of hydrogen-bond donors (Lipinski definition) is 1. The minimum atomic E-state index is 0.0715. The Morgan fingerprint density at radius 1 is 1.56 bits per heavy atom. The van der Waals surface area contributed by atoms with Crippen LogP contribution in [0.4, 0.5) is 5.69 Å². The van der Waals surface area contributed by atoms with Gasteiger partial charge in [-0.3, -0.25) is 4.79 Å². The highest BCUT2D eigenvalue weighted by atomic mass is 32.2. The van der Waals surface area contributed by atoms with Crippen molar-refractivity contribution in [3.05, 3.63) is 28.7 Å². The molecule has 1 saturated heterocycles. The van der Waals surface area contributed by atoms with E-state index in [9.17, 15) is 4.79 Å². The molecule has 1 aromatic heterocycles. The number of nitrogens with zero attached hydrogens (tertiary/aromatic N) is 1. The van der Waals surface area contributed by atoms with E-state index in [0.29, 0.717) is 6.04 Å². The molecule has 0 bridgehead atoms. The number of rotatable bonds is 3. The van der Waals surface area contributed by atoms with Gasteiger partial charge >= 0.3 is 0 Å². The van der Waals surface area contributed by atoms with E-state index in [1.807, 2.05) is 30.9 Å². The number of thioether (sulfide) groups is 1. The molecule has 1 aliphatic heterocycles. The Balaban J connectivity index is 2.07. The number of aromatic nitrogens is 1. The topological polar surface area (TPSA) is 34.0 Å². The van der Waals surface area contributed by atoms with Crippen LogP contribution in [0.1, 0.15) is 20.3 Å². The van der Waals surface area contributed by atoms with Crippen molar-refractivity contribution in [2.45, 2.75) is 38.1 Å². The summed E-state index contributed by atoms with van der Waals surface area (Å²) >= 11 is 2.01. The predicted octanol–water partition coefficient (Wildman–Crippen LogP) is 2.17. The number of anilines is 1. The average Bonchev–Trinajstić information content (AvgIpc) is 2.67. The molecule has 16 heavy (non-hydrogen) atoms. The number of aryl methyl sites for hydroxylation is 1. The van der Waals surface area contributed by atoms with Crippen LogP contribution < -0.4 is 10.9 Å². The molecule has 2 atom stereocenters. The second-order valence-corrected chi connectivity index (χ2v) is 5.73. The lowest BCUT2D eigenvalue weighted by Gasteiger charge is -2.14. The zero-order chi connectivity index (χ0) is 11.5. The lowest BCUT2D eigenvalue weighted by molar-refractivity contribution is 0.716. The molecule has 1 aliphatic rings. The summed E-state index contributed by atoms with van der Waals surface area (Å²) in [5.74, 6) is 1.16. The van der Waals surface area contributed by atoms with Gasteiger partial charge in [-0.15, -0.1) is 0 Å². The zero-order valence-corrected chi connectivity index (χ0v) is 10.6. The molecule has 88 valence electrons. The van der Waals surface area contributed by atoms with Crippen molar-refractivity contribution in [3.63, 3.8) is 0 Å². The highest BCUT2D eigenvalue weighted by Crippen LogP contribution is 2.27. The van der Waals surface area contributed by atoms with Crippen molar-refractivity contribution < 1.29 is 0 Å². The van der Waals surface area contributed by atoms with Crippen LogP contribution in [0.5, 0.6) is 0 Å². The molecule has 0 spiro atoms. The summed E-state index contributed by atoms with van der Waals surface area (Å²) in [6, 6.07) is 4.06. The van der Waals surface area contributed by atoms with Gasteiger partial charge in [0, 0.05) is 35.9 Å². The second-order valence-electron chi connectivity index (χ2n) is 4.26. The molecule has 0 saturated carbocycles. The zero-order valence-electron chi connectivity index (χ0n) is 9.77. The van der Waals surface area contributed by atoms with Gasteiger partial charge < -0.3 is 9.88 Å². The van der Waals surface area contributed by atoms with Gasteiger partial charge in [-0.25, -0.2) is 0 Å². The summed E-state index contributed by atoms with van der Waals surface area (Å²) in [5.41, 5.74) is 1.13. The average molecular weight is 238 g/mol. The van der Waals surface area contributed by atoms with Gasteiger partial charge in [0.15, 0.2) is 0 Å². The van der Waals surface area contributed by atoms with Crippen LogP contribution in [0.3, 0.4) is 0 Å². The van der Waals surface area contributed by atoms with Gasteiger partial charge in [0.05, 0.1) is 5.69 Å². The van der Waals surface area contributed by atoms with E-state index in [2.05, 4.69) is 12.2 Å². The van der Waals surface area contributed by atoms with E-state index in [-0.39, 0.29) is 5.56 Å². The Kier molecular flexibility index (Phi) is 3.59. The summed E-state index contributed by atoms with van der Waals surface area (Å²) in [6.45, 7) is 4.97. The molecule has 2 unspecified atom stereocenters. The van der Waals surface area contributed by atoms with Crippen LogP contribution in [0.15, 0.2) is 23.1 Å². The molecule has 2 rings (SSSR count). The minimum absolute atomic E-state index is 0.0715. The Labute approximate surface area is 100 Å². The van der Waals surface area contributed by atoms with Crippen molar-refractivity contribution in [1.82, 2.24) is 4.57 Å². The van der Waals surface area contributed by atoms with Crippen molar-refractivity contribution in [2.24, 2.45) is 0 Å². The highest BCUT2D eigenvalue weighted by molar-refractivity contribution is 8.00. The second kappa shape index (κ2) is 4.95. The molecule has 0 aromatic carbocycles. The van der Waals surface area contributed by atoms with Crippen LogP contribution in [0.25, 0.3) is 0 Å². The first kappa shape index (κ1) is 11.6. The normalized spacial score (nSPS) is 24.6. The lowest BCUT2D eigenvalue weighted by Crippen LogP contribution is -2.22. The van der Waals surface area contributed by atoms with E-state index in [0.717, 1.165) is 23.2 Å². The number of nitrogens with one attached hydrogen (secondary N) is 1. The molecular formula is C12H18N2OS. The van der Waals surface area contributed by atoms with Crippen LogP contribution >= 0.6 is 11.8 Å². The molecule has 1 fully saturated rings. The SMILES string of the molecule is CCn1cc(NC2CSC(C)C2)ccc1=O. The van der Waals surface area contributed by atoms with E-state index in [1.165, 1.54) is 6.42 Å². The summed E-state index contributed by atoms with van der Waals surface area (Å²) in [4.78, 5) is 11.4. The van der Waals surface area contributed by atoms with Crippen LogP contribution in [-0.2, 0) is 6.54 Å². The highest BCUT2D eigenvalue weighted by Gasteiger charge is 2.21. The predicted molar refractivity (Wildman–Crippen MR) is 70.3 cm³/mol. The van der Waals surface area contributed by atoms with E-state index in [4.69, 9.17) is 0 Å². The van der Waals surface area contributed by atoms with Gasteiger partial charge in [0.2, 0.25) is 0 Å². The molecule has 1 N–H and O–H groups in total. The molecule has 2 heterocycles. The van der Waals surface area contributed by atoms with Crippen LogP contribution in [0, 0.1) is 0 Å². The Bertz CT molecular complexity index is 416. The lowest BCUT2D eigenvalue weighted by atomic mass is 10.2. The number of hydrogen-bond acceptors (Lipinski definition) is 3. The van der Waals surface area contributed by atoms with E-state index < -0.39 is 0 Å². The van der Waals surface area contributed by atoms with Crippen molar-refractivity contribution >= 4 is 17.4 Å². The fourth-order valence-corrected chi connectivity index (χ4v) is 3.17. The standard InChI is InChI=1S/C12H18N2OS/c1-3-14-7-10(4-5-12(14)15)13-11-6-9(2)16-8-11/h4-5,7,9,11,13H,3,6,8H2,1-2H3. The van der Waals surface area contributed by atoms with Crippen LogP contribution in [0.2, 0.25) is 0 Å². The molecule has 3 nitrogen and oxygen atoms in total. The van der Waals surface area contributed by atoms with E-state index in [1.54, 1.807) is 10.6 Å². The maximum absolute atomic E-state index is 11.4. The molecule has 4 heteroatoms. The molecule has 1 aromatic rings. The molecular weight excluding hydrogens is 220 g/mol. The Morgan fingerprint density at radius 2 is 2.38 bits per heavy atom. The monoisotopic (exact) mass is 238 g/mol. The van der Waals surface area contributed by atoms with Gasteiger partial charge in [0.1, 0.15) is 0 Å².